The SMILES string of the molecule is CN(c1ccncc1)S(=O)(=O)c1cc(C(N)=S)ccc1Cl. The number of aromatic nitrogens is 1. The normalized spacial score (nSPS) is 11.1. The van der Waals surface area contributed by atoms with Crippen LogP contribution in [0.5, 0.6) is 0 Å². The van der Waals surface area contributed by atoms with Crippen LogP contribution in [0.1, 0.15) is 5.56 Å². The van der Waals surface area contributed by atoms with E-state index in [0.29, 0.717) is 11.3 Å². The van der Waals surface area contributed by atoms with E-state index in [0.717, 1.165) is 4.31 Å². The van der Waals surface area contributed by atoms with Gasteiger partial charge in [0.25, 0.3) is 10.0 Å². The molecular weight excluding hydrogens is 330 g/mol. The third-order valence-corrected chi connectivity index (χ3v) is 5.38. The summed E-state index contributed by atoms with van der Waals surface area (Å²) >= 11 is 10.9. The summed E-state index contributed by atoms with van der Waals surface area (Å²) in [5, 5.41) is 0.107. The number of nitrogens with zero attached hydrogens (tertiary/aromatic N) is 2. The third kappa shape index (κ3) is 3.15. The van der Waals surface area contributed by atoms with Gasteiger partial charge in [-0.3, -0.25) is 9.29 Å². The molecule has 0 aliphatic heterocycles. The second kappa shape index (κ2) is 5.97. The second-order valence-corrected chi connectivity index (χ2v) is 6.97. The number of sulfonamides is 1. The molecule has 0 spiro atoms. The van der Waals surface area contributed by atoms with Gasteiger partial charge in [-0.2, -0.15) is 0 Å². The number of halogens is 1. The Morgan fingerprint density at radius 3 is 2.48 bits per heavy atom. The van der Waals surface area contributed by atoms with Gasteiger partial charge in [-0.25, -0.2) is 8.42 Å². The molecule has 0 radical (unpaired) electrons. The molecule has 1 heterocycles. The summed E-state index contributed by atoms with van der Waals surface area (Å²) in [4.78, 5) is 3.92. The van der Waals surface area contributed by atoms with Crippen LogP contribution in [0.3, 0.4) is 0 Å². The van der Waals surface area contributed by atoms with Crippen molar-refractivity contribution in [2.24, 2.45) is 5.73 Å². The fraction of sp³-hybridized carbons (Fsp3) is 0.0769. The largest absolute Gasteiger partial charge is 0.389 e. The molecule has 0 atom stereocenters. The van der Waals surface area contributed by atoms with Crippen LogP contribution < -0.4 is 10.0 Å². The fourth-order valence-electron chi connectivity index (χ4n) is 1.69. The summed E-state index contributed by atoms with van der Waals surface area (Å²) < 4.78 is 26.5. The van der Waals surface area contributed by atoms with E-state index >= 15 is 0 Å². The van der Waals surface area contributed by atoms with E-state index in [1.54, 1.807) is 18.2 Å². The van der Waals surface area contributed by atoms with Crippen LogP contribution in [0.25, 0.3) is 0 Å². The average molecular weight is 342 g/mol. The summed E-state index contributed by atoms with van der Waals surface area (Å²) in [5.74, 6) is 0. The Hall–Kier alpha value is -1.70. The van der Waals surface area contributed by atoms with Crippen LogP contribution in [-0.4, -0.2) is 25.4 Å². The van der Waals surface area contributed by atoms with E-state index in [-0.39, 0.29) is 14.9 Å². The van der Waals surface area contributed by atoms with Crippen molar-refractivity contribution in [1.29, 1.82) is 0 Å². The Kier molecular flexibility index (Phi) is 4.46. The van der Waals surface area contributed by atoms with E-state index in [4.69, 9.17) is 29.6 Å². The Morgan fingerprint density at radius 2 is 1.90 bits per heavy atom. The molecule has 1 aromatic heterocycles. The highest BCUT2D eigenvalue weighted by Crippen LogP contribution is 2.28. The van der Waals surface area contributed by atoms with Gasteiger partial charge in [0.15, 0.2) is 0 Å². The molecule has 21 heavy (non-hydrogen) atoms. The Bertz CT molecular complexity index is 779. The molecule has 0 amide bonds. The van der Waals surface area contributed by atoms with Gasteiger partial charge < -0.3 is 5.73 Å². The number of pyridine rings is 1. The molecule has 0 aliphatic carbocycles. The van der Waals surface area contributed by atoms with Gasteiger partial charge in [-0.05, 0) is 24.3 Å². The van der Waals surface area contributed by atoms with Gasteiger partial charge >= 0.3 is 0 Å². The lowest BCUT2D eigenvalue weighted by Gasteiger charge is -2.20. The first-order chi connectivity index (χ1) is 9.84. The number of thiocarbonyl (C=S) groups is 1. The first-order valence-electron chi connectivity index (χ1n) is 5.82. The van der Waals surface area contributed by atoms with Gasteiger partial charge in [-0.15, -0.1) is 0 Å². The molecule has 2 rings (SSSR count). The Balaban J connectivity index is 2.54. The average Bonchev–Trinajstić information content (AvgIpc) is 2.47. The highest BCUT2D eigenvalue weighted by atomic mass is 35.5. The predicted octanol–water partition coefficient (Wildman–Crippen LogP) is 2.19. The molecule has 8 heteroatoms. The van der Waals surface area contributed by atoms with Crippen molar-refractivity contribution in [3.63, 3.8) is 0 Å². The van der Waals surface area contributed by atoms with E-state index in [2.05, 4.69) is 4.98 Å². The Labute approximate surface area is 133 Å². The lowest BCUT2D eigenvalue weighted by molar-refractivity contribution is 0.594. The fourth-order valence-corrected chi connectivity index (χ4v) is 3.52. The summed E-state index contributed by atoms with van der Waals surface area (Å²) in [6, 6.07) is 7.59. The van der Waals surface area contributed by atoms with Crippen LogP contribution in [0.15, 0.2) is 47.6 Å². The molecule has 2 N–H and O–H groups in total. The number of hydrogen-bond donors (Lipinski definition) is 1. The number of rotatable bonds is 4. The minimum Gasteiger partial charge on any atom is -0.389 e. The van der Waals surface area contributed by atoms with Crippen molar-refractivity contribution < 1.29 is 8.42 Å². The quantitative estimate of drug-likeness (QED) is 0.863. The predicted molar refractivity (Wildman–Crippen MR) is 87.2 cm³/mol. The minimum absolute atomic E-state index is 0.0474. The van der Waals surface area contributed by atoms with Crippen LogP contribution in [-0.2, 0) is 10.0 Å². The maximum Gasteiger partial charge on any atom is 0.265 e. The summed E-state index contributed by atoms with van der Waals surface area (Å²) in [7, 11) is -2.38. The maximum atomic E-state index is 12.7. The number of anilines is 1. The van der Waals surface area contributed by atoms with Crippen LogP contribution in [0, 0.1) is 0 Å². The van der Waals surface area contributed by atoms with E-state index < -0.39 is 10.0 Å². The highest BCUT2D eigenvalue weighted by molar-refractivity contribution is 7.93. The maximum absolute atomic E-state index is 12.7. The lowest BCUT2D eigenvalue weighted by Crippen LogP contribution is -2.27. The summed E-state index contributed by atoms with van der Waals surface area (Å²) in [6.45, 7) is 0. The summed E-state index contributed by atoms with van der Waals surface area (Å²) in [5.41, 5.74) is 6.45. The van der Waals surface area contributed by atoms with Crippen molar-refractivity contribution in [3.05, 3.63) is 53.3 Å². The zero-order valence-electron chi connectivity index (χ0n) is 11.0. The van der Waals surface area contributed by atoms with Crippen LogP contribution in [0.2, 0.25) is 5.02 Å². The molecular formula is C13H12ClN3O2S2. The first kappa shape index (κ1) is 15.7. The van der Waals surface area contributed by atoms with Gasteiger partial charge in [-0.1, -0.05) is 29.9 Å². The molecule has 5 nitrogen and oxygen atoms in total. The van der Waals surface area contributed by atoms with Gasteiger partial charge in [0, 0.05) is 25.0 Å². The minimum atomic E-state index is -3.82. The molecule has 110 valence electrons. The molecule has 0 aliphatic rings. The highest BCUT2D eigenvalue weighted by Gasteiger charge is 2.24. The molecule has 0 fully saturated rings. The number of nitrogens with two attached hydrogens (primary N) is 1. The standard InChI is InChI=1S/C13H12ClN3O2S2/c1-17(10-4-6-16-7-5-10)21(18,19)12-8-9(13(15)20)2-3-11(12)14/h2-8H,1H3,(H2,15,20). The third-order valence-electron chi connectivity index (χ3n) is 2.88. The topological polar surface area (TPSA) is 76.3 Å². The molecule has 0 saturated carbocycles. The van der Waals surface area contributed by atoms with Gasteiger partial charge in [0.2, 0.25) is 0 Å². The van der Waals surface area contributed by atoms with Gasteiger partial charge in [0.05, 0.1) is 10.7 Å². The van der Waals surface area contributed by atoms with Crippen molar-refractivity contribution in [2.75, 3.05) is 11.4 Å². The summed E-state index contributed by atoms with van der Waals surface area (Å²) in [6.07, 6.45) is 3.02. The monoisotopic (exact) mass is 341 g/mol. The molecule has 0 saturated heterocycles. The second-order valence-electron chi connectivity index (χ2n) is 4.19. The van der Waals surface area contributed by atoms with E-state index in [9.17, 15) is 8.42 Å². The van der Waals surface area contributed by atoms with E-state index in [1.807, 2.05) is 0 Å². The van der Waals surface area contributed by atoms with E-state index in [1.165, 1.54) is 31.6 Å². The lowest BCUT2D eigenvalue weighted by atomic mass is 10.2. The van der Waals surface area contributed by atoms with Crippen LogP contribution >= 0.6 is 23.8 Å². The molecule has 1 aromatic carbocycles. The van der Waals surface area contributed by atoms with Crippen molar-refractivity contribution in [2.45, 2.75) is 4.90 Å². The molecule has 0 unspecified atom stereocenters. The molecule has 0 bridgehead atoms. The zero-order valence-corrected chi connectivity index (χ0v) is 13.4. The van der Waals surface area contributed by atoms with Crippen LogP contribution in [0.4, 0.5) is 5.69 Å². The molecule has 2 aromatic rings. The number of hydrogen-bond acceptors (Lipinski definition) is 4. The van der Waals surface area contributed by atoms with Crippen molar-refractivity contribution >= 4 is 44.5 Å². The van der Waals surface area contributed by atoms with Crippen molar-refractivity contribution in [3.8, 4) is 0 Å². The first-order valence-corrected chi connectivity index (χ1v) is 8.05. The smallest absolute Gasteiger partial charge is 0.265 e. The Morgan fingerprint density at radius 1 is 1.29 bits per heavy atom. The zero-order chi connectivity index (χ0) is 15.6. The van der Waals surface area contributed by atoms with Crippen molar-refractivity contribution in [1.82, 2.24) is 4.98 Å². The number of benzene rings is 1. The van der Waals surface area contributed by atoms with Gasteiger partial charge in [0.1, 0.15) is 9.88 Å².